The molecule has 2 aromatic rings. The molecule has 0 atom stereocenters. The Bertz CT molecular complexity index is 635. The van der Waals surface area contributed by atoms with Crippen LogP contribution in [0.4, 0.5) is 5.69 Å². The summed E-state index contributed by atoms with van der Waals surface area (Å²) in [5, 5.41) is 15.0. The smallest absolute Gasteiger partial charge is 0.103 e. The van der Waals surface area contributed by atoms with Crippen LogP contribution in [-0.4, -0.2) is 24.6 Å². The minimum absolute atomic E-state index is 0.576. The molecule has 1 aliphatic heterocycles. The van der Waals surface area contributed by atoms with Gasteiger partial charge in [0.2, 0.25) is 0 Å². The Morgan fingerprint density at radius 1 is 1.00 bits per heavy atom. The van der Waals surface area contributed by atoms with Crippen LogP contribution in [0.3, 0.4) is 0 Å². The lowest BCUT2D eigenvalue weighted by Crippen LogP contribution is -3.12. The van der Waals surface area contributed by atoms with Gasteiger partial charge in [-0.05, 0) is 12.1 Å². The van der Waals surface area contributed by atoms with Crippen LogP contribution in [0.2, 0.25) is 0 Å². The summed E-state index contributed by atoms with van der Waals surface area (Å²) < 4.78 is 0. The van der Waals surface area contributed by atoms with Gasteiger partial charge in [0.25, 0.3) is 0 Å². The molecule has 2 N–H and O–H groups in total. The summed E-state index contributed by atoms with van der Waals surface area (Å²) in [5.74, 6) is -1.000. The van der Waals surface area contributed by atoms with Crippen LogP contribution in [0.15, 0.2) is 60.7 Å². The molecule has 0 radical (unpaired) electrons. The molecular formula is C19H22N2O2. The van der Waals surface area contributed by atoms with Gasteiger partial charge in [-0.1, -0.05) is 48.5 Å². The number of nitrogens with one attached hydrogen (secondary N) is 2. The number of benzene rings is 2. The number of carbonyl (C=O) groups excluding carboxylic acids is 1. The number of aliphatic carboxylic acids is 1. The van der Waals surface area contributed by atoms with Gasteiger partial charge in [0.15, 0.2) is 0 Å². The number of carbonyl (C=O) groups is 1. The maximum atomic E-state index is 11.8. The van der Waals surface area contributed by atoms with Crippen molar-refractivity contribution < 1.29 is 14.8 Å². The molecule has 1 aliphatic rings. The average Bonchev–Trinajstić information content (AvgIpc) is 2.58. The minimum atomic E-state index is -1.000. The zero-order valence-corrected chi connectivity index (χ0v) is 13.1. The highest BCUT2D eigenvalue weighted by atomic mass is 16.4. The molecule has 0 aliphatic carbocycles. The first-order valence-electron chi connectivity index (χ1n) is 8.10. The highest BCUT2D eigenvalue weighted by molar-refractivity contribution is 5.81. The molecular weight excluding hydrogens is 288 g/mol. The lowest BCUT2D eigenvalue weighted by Gasteiger charge is -2.41. The second kappa shape index (κ2) is 6.84. The summed E-state index contributed by atoms with van der Waals surface area (Å²) in [6.07, 6.45) is 1.15. The summed E-state index contributed by atoms with van der Waals surface area (Å²) in [6, 6.07) is 19.9. The first-order valence-corrected chi connectivity index (χ1v) is 8.10. The van der Waals surface area contributed by atoms with Gasteiger partial charge < -0.3 is 20.1 Å². The van der Waals surface area contributed by atoms with E-state index < -0.39 is 11.5 Å². The third kappa shape index (κ3) is 3.71. The fourth-order valence-electron chi connectivity index (χ4n) is 3.27. The van der Waals surface area contributed by atoms with Crippen molar-refractivity contribution >= 4 is 11.7 Å². The van der Waals surface area contributed by atoms with Crippen LogP contribution in [0.1, 0.15) is 18.4 Å². The quantitative estimate of drug-likeness (QED) is 0.844. The molecule has 3 rings (SSSR count). The molecule has 0 aromatic heterocycles. The number of carboxylic acid groups (broad SMARTS) is 1. The monoisotopic (exact) mass is 310 g/mol. The zero-order chi connectivity index (χ0) is 16.1. The van der Waals surface area contributed by atoms with Gasteiger partial charge in [-0.3, -0.25) is 0 Å². The van der Waals surface area contributed by atoms with Crippen LogP contribution in [0.5, 0.6) is 0 Å². The number of anilines is 1. The van der Waals surface area contributed by atoms with Crippen molar-refractivity contribution in [3.63, 3.8) is 0 Å². The van der Waals surface area contributed by atoms with Crippen molar-refractivity contribution in [1.29, 1.82) is 0 Å². The molecule has 0 bridgehead atoms. The van der Waals surface area contributed by atoms with Gasteiger partial charge in [0, 0.05) is 24.1 Å². The third-order valence-electron chi connectivity index (χ3n) is 4.66. The molecule has 0 amide bonds. The Morgan fingerprint density at radius 2 is 1.57 bits per heavy atom. The first kappa shape index (κ1) is 15.6. The second-order valence-electron chi connectivity index (χ2n) is 6.27. The molecule has 4 nitrogen and oxygen atoms in total. The fraction of sp³-hybridized carbons (Fsp3) is 0.316. The van der Waals surface area contributed by atoms with Gasteiger partial charge >= 0.3 is 0 Å². The van der Waals surface area contributed by atoms with E-state index in [1.54, 1.807) is 0 Å². The van der Waals surface area contributed by atoms with E-state index >= 15 is 0 Å². The summed E-state index contributed by atoms with van der Waals surface area (Å²) in [4.78, 5) is 13.2. The predicted molar refractivity (Wildman–Crippen MR) is 87.9 cm³/mol. The largest absolute Gasteiger partial charge is 0.548 e. The van der Waals surface area contributed by atoms with Crippen molar-refractivity contribution in [2.75, 3.05) is 18.4 Å². The Hall–Kier alpha value is -2.33. The van der Waals surface area contributed by atoms with Crippen molar-refractivity contribution in [2.45, 2.75) is 24.9 Å². The van der Waals surface area contributed by atoms with E-state index in [0.717, 1.165) is 25.3 Å². The molecule has 23 heavy (non-hydrogen) atoms. The van der Waals surface area contributed by atoms with Gasteiger partial charge in [0.1, 0.15) is 6.54 Å². The highest BCUT2D eigenvalue weighted by Crippen LogP contribution is 2.23. The van der Waals surface area contributed by atoms with Crippen LogP contribution < -0.4 is 15.3 Å². The van der Waals surface area contributed by atoms with Crippen LogP contribution in [0, 0.1) is 0 Å². The number of quaternary nitrogens is 1. The fourth-order valence-corrected chi connectivity index (χ4v) is 3.27. The number of rotatable bonds is 5. The SMILES string of the molecule is O=C([O-])C1(Nc2ccccc2)CC[NH+](Cc2ccccc2)CC1. The molecule has 1 heterocycles. The Labute approximate surface area is 136 Å². The van der Waals surface area contributed by atoms with E-state index in [1.807, 2.05) is 48.5 Å². The van der Waals surface area contributed by atoms with E-state index in [-0.39, 0.29) is 0 Å². The van der Waals surface area contributed by atoms with Crippen molar-refractivity contribution in [3.8, 4) is 0 Å². The van der Waals surface area contributed by atoms with E-state index in [2.05, 4.69) is 17.4 Å². The van der Waals surface area contributed by atoms with Gasteiger partial charge in [0.05, 0.1) is 24.6 Å². The van der Waals surface area contributed by atoms with Crippen molar-refractivity contribution in [3.05, 3.63) is 66.2 Å². The molecule has 1 fully saturated rings. The number of hydrogen-bond donors (Lipinski definition) is 2. The number of carboxylic acids is 1. The lowest BCUT2D eigenvalue weighted by atomic mass is 9.87. The first-order chi connectivity index (χ1) is 11.2. The summed E-state index contributed by atoms with van der Waals surface area (Å²) >= 11 is 0. The van der Waals surface area contributed by atoms with Crippen LogP contribution in [-0.2, 0) is 11.3 Å². The minimum Gasteiger partial charge on any atom is -0.548 e. The summed E-state index contributed by atoms with van der Waals surface area (Å²) in [7, 11) is 0. The zero-order valence-electron chi connectivity index (χ0n) is 13.1. The predicted octanol–water partition coefficient (Wildman–Crippen LogP) is 0.466. The van der Waals surface area contributed by atoms with E-state index in [0.29, 0.717) is 12.8 Å². The standard InChI is InChI=1S/C19H22N2O2/c22-18(23)19(20-17-9-5-2-6-10-17)11-13-21(14-12-19)15-16-7-3-1-4-8-16/h1-10,20H,11-15H2,(H,22,23). The van der Waals surface area contributed by atoms with Gasteiger partial charge in [-0.25, -0.2) is 0 Å². The second-order valence-corrected chi connectivity index (χ2v) is 6.27. The number of para-hydroxylation sites is 1. The topological polar surface area (TPSA) is 56.6 Å². The molecule has 1 saturated heterocycles. The van der Waals surface area contributed by atoms with Crippen LogP contribution >= 0.6 is 0 Å². The molecule has 4 heteroatoms. The summed E-state index contributed by atoms with van der Waals surface area (Å²) in [6.45, 7) is 2.58. The van der Waals surface area contributed by atoms with E-state index in [4.69, 9.17) is 0 Å². The third-order valence-corrected chi connectivity index (χ3v) is 4.66. The Kier molecular flexibility index (Phi) is 4.63. The van der Waals surface area contributed by atoms with Gasteiger partial charge in [-0.15, -0.1) is 0 Å². The summed E-state index contributed by atoms with van der Waals surface area (Å²) in [5.41, 5.74) is 1.17. The number of hydrogen-bond acceptors (Lipinski definition) is 3. The highest BCUT2D eigenvalue weighted by Gasteiger charge is 2.38. The van der Waals surface area contributed by atoms with Crippen molar-refractivity contribution in [1.82, 2.24) is 0 Å². The maximum absolute atomic E-state index is 11.8. The molecule has 0 saturated carbocycles. The number of piperidine rings is 1. The number of likely N-dealkylation sites (tertiary alicyclic amines) is 1. The molecule has 0 spiro atoms. The average molecular weight is 310 g/mol. The Morgan fingerprint density at radius 3 is 2.13 bits per heavy atom. The normalized spacial score (nSPS) is 24.1. The molecule has 0 unspecified atom stereocenters. The van der Waals surface area contributed by atoms with E-state index in [1.165, 1.54) is 10.5 Å². The van der Waals surface area contributed by atoms with Gasteiger partial charge in [-0.2, -0.15) is 0 Å². The van der Waals surface area contributed by atoms with Crippen LogP contribution in [0.25, 0.3) is 0 Å². The lowest BCUT2D eigenvalue weighted by molar-refractivity contribution is -0.919. The Balaban J connectivity index is 1.65. The molecule has 120 valence electrons. The maximum Gasteiger partial charge on any atom is 0.103 e. The van der Waals surface area contributed by atoms with E-state index in [9.17, 15) is 9.90 Å². The van der Waals surface area contributed by atoms with Crippen molar-refractivity contribution in [2.24, 2.45) is 0 Å². The molecule has 2 aromatic carbocycles.